The molecule has 0 unspecified atom stereocenters. The van der Waals surface area contributed by atoms with E-state index in [2.05, 4.69) is 50.2 Å². The van der Waals surface area contributed by atoms with Crippen LogP contribution in [-0.4, -0.2) is 15.0 Å². The van der Waals surface area contributed by atoms with Crippen molar-refractivity contribution in [1.82, 2.24) is 15.0 Å². The van der Waals surface area contributed by atoms with E-state index in [1.807, 2.05) is 55.0 Å². The molecule has 0 aliphatic carbocycles. The van der Waals surface area contributed by atoms with Crippen molar-refractivity contribution in [3.8, 4) is 0 Å². The lowest BCUT2D eigenvalue weighted by atomic mass is 9.98. The zero-order valence-electron chi connectivity index (χ0n) is 14.2. The van der Waals surface area contributed by atoms with E-state index in [0.717, 1.165) is 22.5 Å². The molecular weight excluding hydrogens is 320 g/mol. The molecule has 0 bridgehead atoms. The Morgan fingerprint density at radius 3 is 1.58 bits per heavy atom. The fourth-order valence-electron chi connectivity index (χ4n) is 3.10. The SMILES string of the molecule is c1ccc(N(c2cccnc2)C(c2cccnc2)c2cccnc2)cc1. The second kappa shape index (κ2) is 7.57. The molecule has 0 fully saturated rings. The number of benzene rings is 1. The second-order valence-electron chi connectivity index (χ2n) is 5.89. The van der Waals surface area contributed by atoms with Crippen LogP contribution in [-0.2, 0) is 0 Å². The van der Waals surface area contributed by atoms with Gasteiger partial charge in [0.2, 0.25) is 0 Å². The molecule has 0 radical (unpaired) electrons. The molecule has 0 spiro atoms. The summed E-state index contributed by atoms with van der Waals surface area (Å²) in [6.45, 7) is 0. The third-order valence-electron chi connectivity index (χ3n) is 4.22. The Morgan fingerprint density at radius 1 is 0.538 bits per heavy atom. The molecule has 4 nitrogen and oxygen atoms in total. The van der Waals surface area contributed by atoms with Gasteiger partial charge in [-0.3, -0.25) is 15.0 Å². The van der Waals surface area contributed by atoms with Crippen molar-refractivity contribution in [2.24, 2.45) is 0 Å². The van der Waals surface area contributed by atoms with Crippen LogP contribution >= 0.6 is 0 Å². The van der Waals surface area contributed by atoms with Crippen LogP contribution in [0.1, 0.15) is 17.2 Å². The van der Waals surface area contributed by atoms with E-state index in [4.69, 9.17) is 0 Å². The standard InChI is InChI=1S/C22H18N4/c1-2-9-20(10-3-1)26(21-11-6-14-25-17-21)22(18-7-4-12-23-15-18)19-8-5-13-24-16-19/h1-17,22H. The number of pyridine rings is 3. The summed E-state index contributed by atoms with van der Waals surface area (Å²) < 4.78 is 0. The van der Waals surface area contributed by atoms with Gasteiger partial charge in [0.1, 0.15) is 0 Å². The summed E-state index contributed by atoms with van der Waals surface area (Å²) in [4.78, 5) is 15.3. The van der Waals surface area contributed by atoms with Crippen LogP contribution < -0.4 is 4.90 Å². The fourth-order valence-corrected chi connectivity index (χ4v) is 3.10. The number of rotatable bonds is 5. The zero-order valence-corrected chi connectivity index (χ0v) is 14.2. The first-order valence-corrected chi connectivity index (χ1v) is 8.47. The normalized spacial score (nSPS) is 10.7. The Labute approximate surface area is 152 Å². The van der Waals surface area contributed by atoms with Gasteiger partial charge in [-0.15, -0.1) is 0 Å². The summed E-state index contributed by atoms with van der Waals surface area (Å²) in [6, 6.07) is 22.4. The van der Waals surface area contributed by atoms with Gasteiger partial charge in [0, 0.05) is 36.7 Å². The van der Waals surface area contributed by atoms with Crippen molar-refractivity contribution in [3.05, 3.63) is 115 Å². The average Bonchev–Trinajstić information content (AvgIpc) is 2.74. The lowest BCUT2D eigenvalue weighted by molar-refractivity contribution is 0.806. The molecule has 1 aromatic carbocycles. The molecule has 0 aliphatic rings. The molecule has 0 N–H and O–H groups in total. The van der Waals surface area contributed by atoms with Crippen LogP contribution in [0.25, 0.3) is 0 Å². The summed E-state index contributed by atoms with van der Waals surface area (Å²) in [7, 11) is 0. The molecule has 0 saturated heterocycles. The summed E-state index contributed by atoms with van der Waals surface area (Å²) >= 11 is 0. The van der Waals surface area contributed by atoms with Crippen molar-refractivity contribution in [2.45, 2.75) is 6.04 Å². The molecule has 0 aliphatic heterocycles. The number of para-hydroxylation sites is 1. The maximum absolute atomic E-state index is 4.34. The van der Waals surface area contributed by atoms with Gasteiger partial charge in [-0.05, 0) is 47.5 Å². The van der Waals surface area contributed by atoms with Crippen molar-refractivity contribution in [2.75, 3.05) is 4.90 Å². The molecule has 0 atom stereocenters. The quantitative estimate of drug-likeness (QED) is 0.524. The van der Waals surface area contributed by atoms with Crippen LogP contribution in [0.5, 0.6) is 0 Å². The number of aromatic nitrogens is 3. The molecule has 26 heavy (non-hydrogen) atoms. The Kier molecular flexibility index (Phi) is 4.65. The van der Waals surface area contributed by atoms with Crippen LogP contribution in [0.2, 0.25) is 0 Å². The Balaban J connectivity index is 1.93. The highest BCUT2D eigenvalue weighted by Crippen LogP contribution is 2.38. The number of anilines is 2. The van der Waals surface area contributed by atoms with Crippen LogP contribution in [0.3, 0.4) is 0 Å². The molecule has 0 amide bonds. The largest absolute Gasteiger partial charge is 0.328 e. The Bertz CT molecular complexity index is 769. The number of nitrogens with zero attached hydrogens (tertiary/aromatic N) is 4. The van der Waals surface area contributed by atoms with Crippen molar-refractivity contribution in [1.29, 1.82) is 0 Å². The van der Waals surface area contributed by atoms with Crippen molar-refractivity contribution >= 4 is 11.4 Å². The predicted octanol–water partition coefficient (Wildman–Crippen LogP) is 4.80. The van der Waals surface area contributed by atoms with E-state index in [0.29, 0.717) is 0 Å². The Morgan fingerprint density at radius 2 is 1.08 bits per heavy atom. The van der Waals surface area contributed by atoms with E-state index >= 15 is 0 Å². The maximum Gasteiger partial charge on any atom is 0.0875 e. The van der Waals surface area contributed by atoms with E-state index < -0.39 is 0 Å². The topological polar surface area (TPSA) is 41.9 Å². The molecule has 0 saturated carbocycles. The van der Waals surface area contributed by atoms with Gasteiger partial charge >= 0.3 is 0 Å². The van der Waals surface area contributed by atoms with Gasteiger partial charge in [-0.1, -0.05) is 30.3 Å². The van der Waals surface area contributed by atoms with E-state index in [1.54, 1.807) is 18.6 Å². The summed E-state index contributed by atoms with van der Waals surface area (Å²) in [5.41, 5.74) is 4.27. The van der Waals surface area contributed by atoms with Crippen LogP contribution in [0.4, 0.5) is 11.4 Å². The van der Waals surface area contributed by atoms with E-state index in [1.165, 1.54) is 0 Å². The van der Waals surface area contributed by atoms with Crippen LogP contribution in [0.15, 0.2) is 104 Å². The summed E-state index contributed by atoms with van der Waals surface area (Å²) in [5, 5.41) is 0. The zero-order chi connectivity index (χ0) is 17.6. The third-order valence-corrected chi connectivity index (χ3v) is 4.22. The van der Waals surface area contributed by atoms with Gasteiger partial charge in [0.05, 0.1) is 17.9 Å². The highest BCUT2D eigenvalue weighted by atomic mass is 15.2. The predicted molar refractivity (Wildman–Crippen MR) is 103 cm³/mol. The first-order chi connectivity index (χ1) is 12.9. The summed E-state index contributed by atoms with van der Waals surface area (Å²) in [5.74, 6) is 0. The minimum absolute atomic E-state index is 0.0657. The lowest BCUT2D eigenvalue weighted by Gasteiger charge is -2.34. The van der Waals surface area contributed by atoms with E-state index in [-0.39, 0.29) is 6.04 Å². The number of hydrogen-bond donors (Lipinski definition) is 0. The molecular formula is C22H18N4. The molecule has 3 aromatic heterocycles. The third kappa shape index (κ3) is 3.30. The number of hydrogen-bond acceptors (Lipinski definition) is 4. The highest BCUT2D eigenvalue weighted by Gasteiger charge is 2.25. The van der Waals surface area contributed by atoms with Gasteiger partial charge < -0.3 is 4.90 Å². The fraction of sp³-hybridized carbons (Fsp3) is 0.0455. The molecule has 4 rings (SSSR count). The van der Waals surface area contributed by atoms with E-state index in [9.17, 15) is 0 Å². The molecule has 126 valence electrons. The molecule has 3 heterocycles. The molecule has 4 heteroatoms. The average molecular weight is 338 g/mol. The second-order valence-corrected chi connectivity index (χ2v) is 5.89. The molecule has 4 aromatic rings. The van der Waals surface area contributed by atoms with Gasteiger partial charge in [-0.2, -0.15) is 0 Å². The van der Waals surface area contributed by atoms with Crippen LogP contribution in [0, 0.1) is 0 Å². The maximum atomic E-state index is 4.34. The highest BCUT2D eigenvalue weighted by molar-refractivity contribution is 5.66. The van der Waals surface area contributed by atoms with Crippen molar-refractivity contribution in [3.63, 3.8) is 0 Å². The monoisotopic (exact) mass is 338 g/mol. The minimum Gasteiger partial charge on any atom is -0.328 e. The first-order valence-electron chi connectivity index (χ1n) is 8.47. The summed E-state index contributed by atoms with van der Waals surface area (Å²) in [6.07, 6.45) is 11.1. The first kappa shape index (κ1) is 16.0. The van der Waals surface area contributed by atoms with Gasteiger partial charge in [0.25, 0.3) is 0 Å². The smallest absolute Gasteiger partial charge is 0.0875 e. The van der Waals surface area contributed by atoms with Gasteiger partial charge in [-0.25, -0.2) is 0 Å². The van der Waals surface area contributed by atoms with Crippen molar-refractivity contribution < 1.29 is 0 Å². The minimum atomic E-state index is -0.0657. The Hall–Kier alpha value is -3.53. The lowest BCUT2D eigenvalue weighted by Crippen LogP contribution is -2.25. The van der Waals surface area contributed by atoms with Gasteiger partial charge in [0.15, 0.2) is 0 Å².